The Hall–Kier alpha value is -1.50. The van der Waals surface area contributed by atoms with Crippen LogP contribution in [0.4, 0.5) is 0 Å². The quantitative estimate of drug-likeness (QED) is 0.883. The molecule has 6 heteroatoms. The largest absolute Gasteiger partial charge is 0.383 e. The summed E-state index contributed by atoms with van der Waals surface area (Å²) in [7, 11) is 1.68. The molecule has 0 radical (unpaired) electrons. The molecule has 1 aromatic carbocycles. The number of aromatic nitrogens is 1. The fraction of sp³-hybridized carbons (Fsp3) is 0.500. The van der Waals surface area contributed by atoms with Crippen molar-refractivity contribution in [2.24, 2.45) is 5.92 Å². The third-order valence-corrected chi connectivity index (χ3v) is 5.49. The number of likely N-dealkylation sites (N-methyl/N-ethyl adjacent to an activating group) is 1. The summed E-state index contributed by atoms with van der Waals surface area (Å²) < 4.78 is 0.927. The zero-order valence-corrected chi connectivity index (χ0v) is 13.5. The van der Waals surface area contributed by atoms with Gasteiger partial charge in [0.1, 0.15) is 11.1 Å². The highest BCUT2D eigenvalue weighted by atomic mass is 32.1. The number of hydrogen-bond donors (Lipinski definition) is 2. The monoisotopic (exact) mass is 320 g/mol. The first-order valence-corrected chi connectivity index (χ1v) is 8.29. The number of aliphatic hydroxyl groups is 2. The number of rotatable bonds is 5. The van der Waals surface area contributed by atoms with Crippen molar-refractivity contribution in [1.82, 2.24) is 9.88 Å². The van der Waals surface area contributed by atoms with E-state index in [1.807, 2.05) is 31.2 Å². The maximum atomic E-state index is 12.3. The maximum Gasteiger partial charge on any atom is 0.254 e. The van der Waals surface area contributed by atoms with Crippen molar-refractivity contribution < 1.29 is 15.0 Å². The summed E-state index contributed by atoms with van der Waals surface area (Å²) in [6, 6.07) is 7.59. The van der Waals surface area contributed by atoms with Gasteiger partial charge >= 0.3 is 0 Å². The number of hydrogen-bond acceptors (Lipinski definition) is 5. The summed E-state index contributed by atoms with van der Waals surface area (Å²) in [6.07, 6.45) is -0.532. The summed E-state index contributed by atoms with van der Waals surface area (Å²) in [5.74, 6) is 0.0619. The average molecular weight is 320 g/mol. The molecule has 0 bridgehead atoms. The molecular weight excluding hydrogens is 300 g/mol. The number of fused-ring (bicyclic) bond motifs is 1. The van der Waals surface area contributed by atoms with Crippen LogP contribution in [0.3, 0.4) is 0 Å². The number of thiazole rings is 1. The Balaban J connectivity index is 1.75. The van der Waals surface area contributed by atoms with Crippen LogP contribution in [0, 0.1) is 5.92 Å². The molecule has 1 saturated carbocycles. The second kappa shape index (κ2) is 5.95. The van der Waals surface area contributed by atoms with E-state index in [-0.39, 0.29) is 6.04 Å². The minimum Gasteiger partial charge on any atom is -0.383 e. The van der Waals surface area contributed by atoms with Gasteiger partial charge in [-0.15, -0.1) is 11.3 Å². The van der Waals surface area contributed by atoms with Gasteiger partial charge in [-0.25, -0.2) is 4.98 Å². The molecule has 22 heavy (non-hydrogen) atoms. The molecule has 118 valence electrons. The summed E-state index contributed by atoms with van der Waals surface area (Å²) in [5, 5.41) is 20.9. The van der Waals surface area contributed by atoms with Gasteiger partial charge in [-0.2, -0.15) is 0 Å². The van der Waals surface area contributed by atoms with Gasteiger partial charge < -0.3 is 15.1 Å². The number of amides is 1. The maximum absolute atomic E-state index is 12.3. The number of aliphatic hydroxyl groups excluding tert-OH is 2. The lowest BCUT2D eigenvalue weighted by Crippen LogP contribution is -2.44. The molecule has 1 aromatic heterocycles. The molecule has 1 heterocycles. The van der Waals surface area contributed by atoms with E-state index in [2.05, 4.69) is 4.98 Å². The van der Waals surface area contributed by atoms with Crippen molar-refractivity contribution in [3.8, 4) is 0 Å². The molecule has 0 aliphatic heterocycles. The van der Waals surface area contributed by atoms with Crippen LogP contribution in [0.1, 0.15) is 30.9 Å². The Morgan fingerprint density at radius 3 is 2.68 bits per heavy atom. The van der Waals surface area contributed by atoms with Gasteiger partial charge in [0.25, 0.3) is 5.91 Å². The topological polar surface area (TPSA) is 73.7 Å². The van der Waals surface area contributed by atoms with Crippen LogP contribution in [0.5, 0.6) is 0 Å². The average Bonchev–Trinajstić information content (AvgIpc) is 3.29. The molecule has 2 N–H and O–H groups in total. The lowest BCUT2D eigenvalue weighted by atomic mass is 10.1. The second-order valence-electron chi connectivity index (χ2n) is 5.94. The number of nitrogens with zero attached hydrogens (tertiary/aromatic N) is 2. The Morgan fingerprint density at radius 2 is 2.05 bits per heavy atom. The Kier molecular flexibility index (Phi) is 4.16. The van der Waals surface area contributed by atoms with Crippen LogP contribution < -0.4 is 0 Å². The predicted molar refractivity (Wildman–Crippen MR) is 85.5 cm³/mol. The van der Waals surface area contributed by atoms with Gasteiger partial charge in [0.15, 0.2) is 6.10 Å². The van der Waals surface area contributed by atoms with Crippen molar-refractivity contribution >= 4 is 27.5 Å². The summed E-state index contributed by atoms with van der Waals surface area (Å²) in [5.41, 5.74) is 0.765. The van der Waals surface area contributed by atoms with E-state index in [1.54, 1.807) is 11.9 Å². The Morgan fingerprint density at radius 1 is 1.36 bits per heavy atom. The van der Waals surface area contributed by atoms with Crippen LogP contribution in [0.25, 0.3) is 10.2 Å². The fourth-order valence-electron chi connectivity index (χ4n) is 2.59. The van der Waals surface area contributed by atoms with Crippen molar-refractivity contribution in [2.75, 3.05) is 7.05 Å². The van der Waals surface area contributed by atoms with E-state index in [4.69, 9.17) is 0 Å². The first-order valence-electron chi connectivity index (χ1n) is 7.47. The third-order valence-electron chi connectivity index (χ3n) is 4.38. The van der Waals surface area contributed by atoms with Gasteiger partial charge in [-0.3, -0.25) is 4.79 Å². The number of carbonyl (C=O) groups is 1. The van der Waals surface area contributed by atoms with Crippen LogP contribution >= 0.6 is 11.3 Å². The van der Waals surface area contributed by atoms with E-state index in [0.717, 1.165) is 23.1 Å². The predicted octanol–water partition coefficient (Wildman–Crippen LogP) is 1.95. The molecule has 5 nitrogen and oxygen atoms in total. The Bertz CT molecular complexity index is 650. The number of para-hydroxylation sites is 1. The highest BCUT2D eigenvalue weighted by Crippen LogP contribution is 2.35. The zero-order valence-electron chi connectivity index (χ0n) is 12.6. The van der Waals surface area contributed by atoms with Gasteiger partial charge in [0.2, 0.25) is 0 Å². The molecule has 1 amide bonds. The number of benzene rings is 1. The van der Waals surface area contributed by atoms with Gasteiger partial charge in [0, 0.05) is 13.1 Å². The van der Waals surface area contributed by atoms with Crippen LogP contribution in [0.2, 0.25) is 0 Å². The second-order valence-corrected chi connectivity index (χ2v) is 7.00. The lowest BCUT2D eigenvalue weighted by Gasteiger charge is -2.28. The van der Waals surface area contributed by atoms with Gasteiger partial charge in [-0.1, -0.05) is 12.1 Å². The molecule has 1 aliphatic carbocycles. The van der Waals surface area contributed by atoms with Gasteiger partial charge in [-0.05, 0) is 37.8 Å². The standard InChI is InChI=1S/C16H20N2O3S/c1-9(10-7-8-10)18(2)16(21)14(20)13(19)15-17-11-5-3-4-6-12(11)22-15/h3-6,9-10,13-14,19-20H,7-8H2,1-2H3. The molecule has 0 saturated heterocycles. The lowest BCUT2D eigenvalue weighted by molar-refractivity contribution is -0.147. The zero-order chi connectivity index (χ0) is 15.9. The van der Waals surface area contributed by atoms with Crippen LogP contribution in [-0.2, 0) is 4.79 Å². The van der Waals surface area contributed by atoms with E-state index in [0.29, 0.717) is 10.9 Å². The summed E-state index contributed by atoms with van der Waals surface area (Å²) >= 11 is 1.30. The van der Waals surface area contributed by atoms with E-state index in [9.17, 15) is 15.0 Å². The minimum atomic E-state index is -1.48. The van der Waals surface area contributed by atoms with Crippen molar-refractivity contribution in [1.29, 1.82) is 0 Å². The fourth-order valence-corrected chi connectivity index (χ4v) is 3.57. The normalized spacial score (nSPS) is 18.9. The molecule has 2 aromatic rings. The molecule has 3 rings (SSSR count). The van der Waals surface area contributed by atoms with E-state index in [1.165, 1.54) is 11.3 Å². The first-order chi connectivity index (χ1) is 10.5. The molecule has 3 unspecified atom stereocenters. The van der Waals surface area contributed by atoms with Crippen molar-refractivity contribution in [3.63, 3.8) is 0 Å². The Labute approximate surface area is 133 Å². The van der Waals surface area contributed by atoms with Crippen LogP contribution in [-0.4, -0.2) is 45.2 Å². The van der Waals surface area contributed by atoms with E-state index >= 15 is 0 Å². The molecular formula is C16H20N2O3S. The first kappa shape index (κ1) is 15.4. The highest BCUT2D eigenvalue weighted by Gasteiger charge is 2.37. The SMILES string of the molecule is CC(C1CC1)N(C)C(=O)C(O)C(O)c1nc2ccccc2s1. The van der Waals surface area contributed by atoms with Crippen molar-refractivity contribution in [3.05, 3.63) is 29.3 Å². The minimum absolute atomic E-state index is 0.0877. The smallest absolute Gasteiger partial charge is 0.254 e. The third kappa shape index (κ3) is 2.86. The van der Waals surface area contributed by atoms with Gasteiger partial charge in [0.05, 0.1) is 10.2 Å². The summed E-state index contributed by atoms with van der Waals surface area (Å²) in [6.45, 7) is 1.98. The summed E-state index contributed by atoms with van der Waals surface area (Å²) in [4.78, 5) is 18.2. The van der Waals surface area contributed by atoms with E-state index < -0.39 is 18.1 Å². The van der Waals surface area contributed by atoms with Crippen molar-refractivity contribution in [2.45, 2.75) is 38.0 Å². The highest BCUT2D eigenvalue weighted by molar-refractivity contribution is 7.18. The molecule has 1 fully saturated rings. The molecule has 1 aliphatic rings. The van der Waals surface area contributed by atoms with Crippen LogP contribution in [0.15, 0.2) is 24.3 Å². The molecule has 0 spiro atoms. The number of carbonyl (C=O) groups excluding carboxylic acids is 1. The molecule has 3 atom stereocenters.